The van der Waals surface area contributed by atoms with Gasteiger partial charge in [0.25, 0.3) is 5.91 Å². The van der Waals surface area contributed by atoms with Crippen molar-refractivity contribution in [2.24, 2.45) is 0 Å². The van der Waals surface area contributed by atoms with Crippen LogP contribution in [0.15, 0.2) is 60.7 Å². The lowest BCUT2D eigenvalue weighted by molar-refractivity contribution is -0.149. The van der Waals surface area contributed by atoms with E-state index in [4.69, 9.17) is 4.74 Å². The highest BCUT2D eigenvalue weighted by atomic mass is 16.5. The van der Waals surface area contributed by atoms with Gasteiger partial charge in [0, 0.05) is 25.9 Å². The van der Waals surface area contributed by atoms with Crippen LogP contribution in [0.2, 0.25) is 0 Å². The summed E-state index contributed by atoms with van der Waals surface area (Å²) < 4.78 is 5.77. The minimum Gasteiger partial charge on any atom is -0.374 e. The fourth-order valence-corrected chi connectivity index (χ4v) is 3.09. The summed E-state index contributed by atoms with van der Waals surface area (Å²) in [6.07, 6.45) is 1.55. The molecule has 0 spiro atoms. The first-order valence-corrected chi connectivity index (χ1v) is 8.74. The van der Waals surface area contributed by atoms with E-state index in [2.05, 4.69) is 12.1 Å². The number of nitrogens with zero attached hydrogens (tertiary/aromatic N) is 1. The molecule has 0 bridgehead atoms. The molecule has 2 aromatic rings. The number of morpholine rings is 1. The Balaban J connectivity index is 1.51. The zero-order valence-corrected chi connectivity index (χ0v) is 14.3. The van der Waals surface area contributed by atoms with Crippen LogP contribution >= 0.6 is 0 Å². The number of carbonyl (C=O) groups is 2. The first kappa shape index (κ1) is 17.4. The molecule has 0 aromatic heterocycles. The van der Waals surface area contributed by atoms with Crippen molar-refractivity contribution >= 4 is 11.7 Å². The van der Waals surface area contributed by atoms with E-state index in [1.807, 2.05) is 48.5 Å². The summed E-state index contributed by atoms with van der Waals surface area (Å²) in [6, 6.07) is 19.8. The molecule has 1 aliphatic rings. The van der Waals surface area contributed by atoms with Crippen molar-refractivity contribution < 1.29 is 14.3 Å². The topological polar surface area (TPSA) is 46.6 Å². The highest BCUT2D eigenvalue weighted by Gasteiger charge is 2.28. The third kappa shape index (κ3) is 5.00. The predicted molar refractivity (Wildman–Crippen MR) is 96.2 cm³/mol. The van der Waals surface area contributed by atoms with Gasteiger partial charge < -0.3 is 9.64 Å². The molecule has 1 aliphatic heterocycles. The van der Waals surface area contributed by atoms with Gasteiger partial charge in [0.1, 0.15) is 0 Å². The van der Waals surface area contributed by atoms with Crippen LogP contribution in [0.1, 0.15) is 17.5 Å². The number of Topliss-reactive ketones (excluding diaryl/α,β-unsaturated/α-hetero) is 1. The maximum absolute atomic E-state index is 12.4. The van der Waals surface area contributed by atoms with Crippen molar-refractivity contribution in [3.05, 3.63) is 71.8 Å². The van der Waals surface area contributed by atoms with E-state index >= 15 is 0 Å². The molecule has 1 amide bonds. The Bertz CT molecular complexity index is 700. The zero-order valence-electron chi connectivity index (χ0n) is 14.3. The zero-order chi connectivity index (χ0) is 17.5. The monoisotopic (exact) mass is 337 g/mol. The van der Waals surface area contributed by atoms with E-state index in [0.717, 1.165) is 12.0 Å². The molecule has 0 N–H and O–H groups in total. The number of rotatable bonds is 6. The second-order valence-electron chi connectivity index (χ2n) is 6.34. The molecule has 1 fully saturated rings. The smallest absolute Gasteiger partial charge is 0.290 e. The molecule has 0 saturated carbocycles. The molecule has 25 heavy (non-hydrogen) atoms. The number of hydrogen-bond acceptors (Lipinski definition) is 3. The number of aryl methyl sites for hydroxylation is 1. The average molecular weight is 337 g/mol. The Morgan fingerprint density at radius 2 is 1.60 bits per heavy atom. The van der Waals surface area contributed by atoms with Gasteiger partial charge in [0.2, 0.25) is 5.78 Å². The van der Waals surface area contributed by atoms with E-state index in [0.29, 0.717) is 26.1 Å². The van der Waals surface area contributed by atoms with Crippen LogP contribution in [0.4, 0.5) is 0 Å². The summed E-state index contributed by atoms with van der Waals surface area (Å²) in [6.45, 7) is 1.45. The molecule has 4 heteroatoms. The van der Waals surface area contributed by atoms with E-state index in [1.165, 1.54) is 5.56 Å². The first-order valence-electron chi connectivity index (χ1n) is 8.74. The molecule has 1 saturated heterocycles. The van der Waals surface area contributed by atoms with Crippen LogP contribution in [-0.2, 0) is 27.2 Å². The first-order chi connectivity index (χ1) is 12.2. The number of carbonyl (C=O) groups excluding carboxylic acids is 2. The van der Waals surface area contributed by atoms with Gasteiger partial charge in [-0.1, -0.05) is 60.7 Å². The summed E-state index contributed by atoms with van der Waals surface area (Å²) in [5, 5.41) is 0. The standard InChI is InChI=1S/C21H23NO3/c23-20(12-11-17-7-3-1-4-8-17)21(24)22-13-14-25-19(16-22)15-18-9-5-2-6-10-18/h1-10,19H,11-16H2. The molecule has 4 nitrogen and oxygen atoms in total. The van der Waals surface area contributed by atoms with Crippen LogP contribution in [0.5, 0.6) is 0 Å². The summed E-state index contributed by atoms with van der Waals surface area (Å²) in [4.78, 5) is 26.3. The van der Waals surface area contributed by atoms with Crippen molar-refractivity contribution in [1.29, 1.82) is 0 Å². The predicted octanol–water partition coefficient (Wildman–Crippen LogP) is 2.66. The van der Waals surface area contributed by atoms with Crippen LogP contribution < -0.4 is 0 Å². The maximum Gasteiger partial charge on any atom is 0.290 e. The molecule has 0 radical (unpaired) electrons. The van der Waals surface area contributed by atoms with Gasteiger partial charge >= 0.3 is 0 Å². The number of ether oxygens (including phenoxy) is 1. The lowest BCUT2D eigenvalue weighted by Gasteiger charge is -2.32. The van der Waals surface area contributed by atoms with Crippen molar-refractivity contribution in [2.45, 2.75) is 25.4 Å². The Labute approximate surface area is 148 Å². The minimum atomic E-state index is -0.378. The minimum absolute atomic E-state index is 0.0537. The molecule has 2 aromatic carbocycles. The number of ketones is 1. The van der Waals surface area contributed by atoms with Crippen molar-refractivity contribution in [1.82, 2.24) is 4.90 Å². The lowest BCUT2D eigenvalue weighted by atomic mass is 10.1. The normalized spacial score (nSPS) is 17.3. The third-order valence-corrected chi connectivity index (χ3v) is 4.45. The summed E-state index contributed by atoms with van der Waals surface area (Å²) in [5.74, 6) is -0.693. The van der Waals surface area contributed by atoms with Gasteiger partial charge in [0.05, 0.1) is 12.7 Å². The maximum atomic E-state index is 12.4. The molecule has 130 valence electrons. The fraction of sp³-hybridized carbons (Fsp3) is 0.333. The number of amides is 1. The second-order valence-corrected chi connectivity index (χ2v) is 6.34. The molecule has 3 rings (SSSR count). The van der Waals surface area contributed by atoms with Crippen LogP contribution in [-0.4, -0.2) is 42.4 Å². The van der Waals surface area contributed by atoms with Crippen LogP contribution in [0.25, 0.3) is 0 Å². The van der Waals surface area contributed by atoms with Crippen molar-refractivity contribution in [3.63, 3.8) is 0 Å². The average Bonchev–Trinajstić information content (AvgIpc) is 2.67. The molecular weight excluding hydrogens is 314 g/mol. The number of hydrogen-bond donors (Lipinski definition) is 0. The lowest BCUT2D eigenvalue weighted by Crippen LogP contribution is -2.48. The highest BCUT2D eigenvalue weighted by molar-refractivity contribution is 6.36. The van der Waals surface area contributed by atoms with Crippen LogP contribution in [0, 0.1) is 0 Å². The van der Waals surface area contributed by atoms with Gasteiger partial charge in [0.15, 0.2) is 0 Å². The van der Waals surface area contributed by atoms with Gasteiger partial charge in [-0.05, 0) is 17.5 Å². The highest BCUT2D eigenvalue weighted by Crippen LogP contribution is 2.13. The Kier molecular flexibility index (Phi) is 5.96. The Morgan fingerprint density at radius 3 is 2.28 bits per heavy atom. The molecule has 1 heterocycles. The van der Waals surface area contributed by atoms with Gasteiger partial charge in [-0.2, -0.15) is 0 Å². The summed E-state index contributed by atoms with van der Waals surface area (Å²) in [5.41, 5.74) is 2.25. The van der Waals surface area contributed by atoms with E-state index in [1.54, 1.807) is 4.90 Å². The van der Waals surface area contributed by atoms with Gasteiger partial charge in [-0.25, -0.2) is 0 Å². The molecular formula is C21H23NO3. The van der Waals surface area contributed by atoms with E-state index in [9.17, 15) is 9.59 Å². The molecule has 1 atom stereocenters. The summed E-state index contributed by atoms with van der Waals surface area (Å²) >= 11 is 0. The molecule has 0 aliphatic carbocycles. The largest absolute Gasteiger partial charge is 0.374 e. The fourth-order valence-electron chi connectivity index (χ4n) is 3.09. The Morgan fingerprint density at radius 1 is 0.960 bits per heavy atom. The van der Waals surface area contributed by atoms with Gasteiger partial charge in [-0.3, -0.25) is 9.59 Å². The van der Waals surface area contributed by atoms with Gasteiger partial charge in [-0.15, -0.1) is 0 Å². The Hall–Kier alpha value is -2.46. The van der Waals surface area contributed by atoms with Crippen LogP contribution in [0.3, 0.4) is 0 Å². The van der Waals surface area contributed by atoms with Crippen molar-refractivity contribution in [2.75, 3.05) is 19.7 Å². The van der Waals surface area contributed by atoms with E-state index < -0.39 is 0 Å². The third-order valence-electron chi connectivity index (χ3n) is 4.45. The number of benzene rings is 2. The SMILES string of the molecule is O=C(CCc1ccccc1)C(=O)N1CCOC(Cc2ccccc2)C1. The second kappa shape index (κ2) is 8.58. The molecule has 1 unspecified atom stereocenters. The summed E-state index contributed by atoms with van der Waals surface area (Å²) in [7, 11) is 0. The quantitative estimate of drug-likeness (QED) is 0.762. The van der Waals surface area contributed by atoms with Crippen molar-refractivity contribution in [3.8, 4) is 0 Å². The van der Waals surface area contributed by atoms with E-state index in [-0.39, 0.29) is 24.2 Å².